The molecular weight excluding hydrogens is 717 g/mol. The summed E-state index contributed by atoms with van der Waals surface area (Å²) in [6.07, 6.45) is 5.96. The maximum atomic E-state index is 13.3. The molecule has 2 saturated heterocycles. The maximum absolute atomic E-state index is 13.3. The van der Waals surface area contributed by atoms with E-state index in [1.807, 2.05) is 54.6 Å². The van der Waals surface area contributed by atoms with Crippen LogP contribution in [0.25, 0.3) is 39.2 Å². The number of hydrogen-bond donors (Lipinski definition) is 4. The minimum Gasteiger partial charge on any atom is -0.497 e. The van der Waals surface area contributed by atoms with Crippen molar-refractivity contribution >= 4 is 40.7 Å². The van der Waals surface area contributed by atoms with Crippen LogP contribution in [0.4, 0.5) is 0 Å². The molecule has 2 aromatic carbocycles. The van der Waals surface area contributed by atoms with Crippen LogP contribution in [0.5, 0.6) is 11.6 Å². The third kappa shape index (κ3) is 7.86. The number of fused-ring (bicyclic) bond motifs is 1. The first kappa shape index (κ1) is 36.4. The number of carbonyl (C=O) groups excluding carboxylic acids is 2. The van der Waals surface area contributed by atoms with Gasteiger partial charge in [0.2, 0.25) is 17.7 Å². The van der Waals surface area contributed by atoms with E-state index < -0.39 is 0 Å². The molecule has 3 aromatic heterocycles. The van der Waals surface area contributed by atoms with Gasteiger partial charge in [0.05, 0.1) is 30.0 Å². The molecule has 2 aliphatic heterocycles. The van der Waals surface area contributed by atoms with Gasteiger partial charge in [-0.05, 0) is 48.7 Å². The molecule has 5 heterocycles. The van der Waals surface area contributed by atoms with Gasteiger partial charge in [-0.3, -0.25) is 18.8 Å². The minimum absolute atomic E-state index is 0.0558. The fraction of sp³-hybridized carbons (Fsp3) is 0.308. The van der Waals surface area contributed by atoms with E-state index in [9.17, 15) is 14.4 Å². The number of hydrogen-bond acceptors (Lipinski definition) is 9. The van der Waals surface area contributed by atoms with Crippen LogP contribution in [0, 0.1) is 0 Å². The van der Waals surface area contributed by atoms with Gasteiger partial charge < -0.3 is 30.7 Å². The van der Waals surface area contributed by atoms with Crippen molar-refractivity contribution in [2.24, 2.45) is 0 Å². The molecule has 0 bridgehead atoms. The van der Waals surface area contributed by atoms with Crippen molar-refractivity contribution in [2.45, 2.75) is 50.9 Å². The molecule has 4 N–H and O–H groups in total. The lowest BCUT2D eigenvalue weighted by Crippen LogP contribution is -2.36. The zero-order chi connectivity index (χ0) is 37.1. The normalized spacial score (nSPS) is 16.9. The molecule has 12 nitrogen and oxygen atoms in total. The van der Waals surface area contributed by atoms with Crippen LogP contribution in [0.2, 0.25) is 10.0 Å². The first-order valence-corrected chi connectivity index (χ1v) is 18.2. The van der Waals surface area contributed by atoms with Crippen LogP contribution in [0.3, 0.4) is 0 Å². The number of methoxy groups -OCH3 is 2. The molecule has 274 valence electrons. The second-order valence-electron chi connectivity index (χ2n) is 13.2. The van der Waals surface area contributed by atoms with Crippen LogP contribution >= 0.6 is 23.2 Å². The summed E-state index contributed by atoms with van der Waals surface area (Å²) >= 11 is 14.3. The Morgan fingerprint density at radius 2 is 1.45 bits per heavy atom. The minimum atomic E-state index is -0.173. The van der Waals surface area contributed by atoms with Crippen LogP contribution in [0.1, 0.15) is 36.8 Å². The van der Waals surface area contributed by atoms with Crippen LogP contribution in [-0.4, -0.2) is 65.6 Å². The van der Waals surface area contributed by atoms with E-state index in [0.717, 1.165) is 29.5 Å². The van der Waals surface area contributed by atoms with E-state index in [1.165, 1.54) is 4.40 Å². The fourth-order valence-electron chi connectivity index (χ4n) is 6.82. The van der Waals surface area contributed by atoms with Gasteiger partial charge >= 0.3 is 0 Å². The summed E-state index contributed by atoms with van der Waals surface area (Å²) in [4.78, 5) is 45.7. The van der Waals surface area contributed by atoms with Gasteiger partial charge in [-0.2, -0.15) is 0 Å². The summed E-state index contributed by atoms with van der Waals surface area (Å²) < 4.78 is 12.9. The number of nitrogens with one attached hydrogen (secondary N) is 4. The second-order valence-corrected chi connectivity index (χ2v) is 13.9. The quantitative estimate of drug-likeness (QED) is 0.128. The lowest BCUT2D eigenvalue weighted by Gasteiger charge is -2.17. The highest BCUT2D eigenvalue weighted by Crippen LogP contribution is 2.44. The number of pyridine rings is 2. The Morgan fingerprint density at radius 1 is 0.792 bits per heavy atom. The number of amides is 2. The molecular formula is C39H39Cl2N7O5. The third-order valence-corrected chi connectivity index (χ3v) is 10.5. The monoisotopic (exact) mass is 755 g/mol. The number of ether oxygens (including phenoxy) is 2. The molecule has 2 atom stereocenters. The standard InChI is InChI=1S/C39H39Cl2N7O5/c1-52-27-15-30(37(41)31(16-27)32-9-6-23(38(47-32)53-2)17-42-20-25-7-10-34(49)45-25)29-5-3-4-28(36(29)40)22-12-13-48-33(14-22)44-19-24(39(48)51)18-43-21-26-8-11-35(50)46-26/h3-6,9,12-16,19,25-26,42-43H,7-8,10-11,17-18,20-21H2,1-2H3,(H,45,49)(H,46,50)/t25-,26+/m1/s1. The highest BCUT2D eigenvalue weighted by atomic mass is 35.5. The Kier molecular flexibility index (Phi) is 10.9. The van der Waals surface area contributed by atoms with Crippen molar-refractivity contribution < 1.29 is 19.1 Å². The van der Waals surface area contributed by atoms with E-state index in [-0.39, 0.29) is 29.5 Å². The summed E-state index contributed by atoms with van der Waals surface area (Å²) in [6, 6.07) is 17.0. The zero-order valence-corrected chi connectivity index (χ0v) is 30.8. The number of nitrogens with zero attached hydrogens (tertiary/aromatic N) is 3. The Morgan fingerprint density at radius 3 is 2.11 bits per heavy atom. The third-order valence-electron chi connectivity index (χ3n) is 9.65. The Bertz CT molecular complexity index is 2260. The molecule has 5 aromatic rings. The van der Waals surface area contributed by atoms with Crippen molar-refractivity contribution in [3.8, 4) is 45.1 Å². The van der Waals surface area contributed by atoms with Crippen molar-refractivity contribution in [3.05, 3.63) is 98.5 Å². The molecule has 7 rings (SSSR count). The van der Waals surface area contributed by atoms with E-state index in [0.29, 0.717) is 94.3 Å². The van der Waals surface area contributed by atoms with Crippen LogP contribution in [0.15, 0.2) is 71.8 Å². The van der Waals surface area contributed by atoms with Crippen molar-refractivity contribution in [2.75, 3.05) is 27.3 Å². The predicted octanol–water partition coefficient (Wildman–Crippen LogP) is 5.15. The summed E-state index contributed by atoms with van der Waals surface area (Å²) in [7, 11) is 3.16. The van der Waals surface area contributed by atoms with Gasteiger partial charge in [0.1, 0.15) is 11.4 Å². The van der Waals surface area contributed by atoms with Crippen LogP contribution < -0.4 is 36.3 Å². The fourth-order valence-corrected chi connectivity index (χ4v) is 7.46. The lowest BCUT2D eigenvalue weighted by atomic mass is 9.96. The summed E-state index contributed by atoms with van der Waals surface area (Å²) in [5.41, 5.74) is 5.78. The predicted molar refractivity (Wildman–Crippen MR) is 204 cm³/mol. The molecule has 53 heavy (non-hydrogen) atoms. The molecule has 2 fully saturated rings. The topological polar surface area (TPSA) is 148 Å². The van der Waals surface area contributed by atoms with Gasteiger partial charge in [0.25, 0.3) is 5.56 Å². The smallest absolute Gasteiger partial charge is 0.262 e. The summed E-state index contributed by atoms with van der Waals surface area (Å²) in [5.74, 6) is 1.16. The number of carbonyl (C=O) groups is 2. The summed E-state index contributed by atoms with van der Waals surface area (Å²) in [6.45, 7) is 2.09. The zero-order valence-electron chi connectivity index (χ0n) is 29.3. The Hall–Kier alpha value is -5.01. The number of benzene rings is 2. The maximum Gasteiger partial charge on any atom is 0.262 e. The Labute approximate surface area is 316 Å². The Balaban J connectivity index is 1.14. The first-order valence-electron chi connectivity index (χ1n) is 17.4. The largest absolute Gasteiger partial charge is 0.497 e. The molecule has 14 heteroatoms. The molecule has 2 amide bonds. The average Bonchev–Trinajstić information content (AvgIpc) is 3.79. The van der Waals surface area contributed by atoms with Gasteiger partial charge in [-0.25, -0.2) is 9.97 Å². The van der Waals surface area contributed by atoms with Gasteiger partial charge in [-0.15, -0.1) is 0 Å². The van der Waals surface area contributed by atoms with E-state index in [1.54, 1.807) is 26.6 Å². The van der Waals surface area contributed by atoms with Crippen molar-refractivity contribution in [1.82, 2.24) is 35.6 Å². The average molecular weight is 757 g/mol. The van der Waals surface area contributed by atoms with Crippen molar-refractivity contribution in [1.29, 1.82) is 0 Å². The number of aromatic nitrogens is 3. The van der Waals surface area contributed by atoms with E-state index >= 15 is 0 Å². The van der Waals surface area contributed by atoms with E-state index in [2.05, 4.69) is 26.3 Å². The number of rotatable bonds is 13. The molecule has 0 spiro atoms. The second kappa shape index (κ2) is 15.9. The van der Waals surface area contributed by atoms with Gasteiger partial charge in [0, 0.05) is 96.9 Å². The molecule has 2 aliphatic rings. The van der Waals surface area contributed by atoms with Gasteiger partial charge in [-0.1, -0.05) is 47.5 Å². The van der Waals surface area contributed by atoms with Crippen molar-refractivity contribution in [3.63, 3.8) is 0 Å². The highest BCUT2D eigenvalue weighted by molar-refractivity contribution is 6.39. The molecule has 0 unspecified atom stereocenters. The van der Waals surface area contributed by atoms with E-state index in [4.69, 9.17) is 37.7 Å². The molecule has 0 radical (unpaired) electrons. The van der Waals surface area contributed by atoms with Crippen LogP contribution in [-0.2, 0) is 22.7 Å². The summed E-state index contributed by atoms with van der Waals surface area (Å²) in [5, 5.41) is 13.4. The lowest BCUT2D eigenvalue weighted by molar-refractivity contribution is -0.120. The SMILES string of the molecule is COc1cc(-c2ccc(CNC[C@H]3CCC(=O)N3)c(OC)n2)c(Cl)c(-c2cccc(-c3ccn4c(=O)c(CNC[C@@H]5CCC(=O)N5)cnc4c3)c2Cl)c1. The van der Waals surface area contributed by atoms with Gasteiger partial charge in [0.15, 0.2) is 0 Å². The molecule has 0 aliphatic carbocycles. The number of halogens is 2. The highest BCUT2D eigenvalue weighted by Gasteiger charge is 2.23. The first-order chi connectivity index (χ1) is 25.7. The molecule has 0 saturated carbocycles.